The average molecular weight is 421 g/mol. The van der Waals surface area contributed by atoms with Crippen LogP contribution in [0.25, 0.3) is 0 Å². The van der Waals surface area contributed by atoms with E-state index in [0.29, 0.717) is 36.8 Å². The van der Waals surface area contributed by atoms with Crippen LogP contribution in [0.1, 0.15) is 12.5 Å². The highest BCUT2D eigenvalue weighted by atomic mass is 19.1. The number of nitrogens with zero attached hydrogens (tertiary/aromatic N) is 2. The fourth-order valence-corrected chi connectivity index (χ4v) is 3.60. The van der Waals surface area contributed by atoms with E-state index in [4.69, 9.17) is 9.47 Å². The van der Waals surface area contributed by atoms with Gasteiger partial charge in [0.25, 0.3) is 0 Å². The fourth-order valence-electron chi connectivity index (χ4n) is 3.60. The number of carbonyl (C=O) groups is 1. The standard InChI is InChI=1S/C24H24FN3O3/c1-2-28-19(15-30-16-24(28)29)13-17-6-9-20(10-7-17)31-22-11-8-18(14-21(22)25)27-23-5-3-4-12-26-23/h3-12,14,19H,2,13,15-16H2,1H3,(H,26,27). The van der Waals surface area contributed by atoms with Crippen LogP contribution in [0.15, 0.2) is 66.9 Å². The van der Waals surface area contributed by atoms with Crippen molar-refractivity contribution in [2.45, 2.75) is 19.4 Å². The van der Waals surface area contributed by atoms with E-state index in [1.807, 2.05) is 36.1 Å². The minimum Gasteiger partial charge on any atom is -0.454 e. The summed E-state index contributed by atoms with van der Waals surface area (Å²) in [7, 11) is 0. The molecule has 1 aliphatic rings. The van der Waals surface area contributed by atoms with Crippen LogP contribution < -0.4 is 10.1 Å². The van der Waals surface area contributed by atoms with Crippen LogP contribution in [-0.2, 0) is 16.0 Å². The predicted octanol–water partition coefficient (Wildman–Crippen LogP) is 4.55. The summed E-state index contributed by atoms with van der Waals surface area (Å²) >= 11 is 0. The predicted molar refractivity (Wildman–Crippen MR) is 116 cm³/mol. The van der Waals surface area contributed by atoms with Crippen molar-refractivity contribution in [1.29, 1.82) is 0 Å². The molecule has 6 nitrogen and oxygen atoms in total. The van der Waals surface area contributed by atoms with Gasteiger partial charge in [-0.15, -0.1) is 0 Å². The molecule has 1 saturated heterocycles. The Morgan fingerprint density at radius 3 is 2.74 bits per heavy atom. The number of benzene rings is 2. The number of anilines is 2. The van der Waals surface area contributed by atoms with E-state index in [1.165, 1.54) is 6.07 Å². The van der Waals surface area contributed by atoms with Gasteiger partial charge in [-0.05, 0) is 55.3 Å². The maximum atomic E-state index is 14.5. The number of halogens is 1. The highest BCUT2D eigenvalue weighted by Gasteiger charge is 2.27. The van der Waals surface area contributed by atoms with Gasteiger partial charge >= 0.3 is 0 Å². The zero-order chi connectivity index (χ0) is 21.6. The van der Waals surface area contributed by atoms with Crippen LogP contribution in [0.3, 0.4) is 0 Å². The third-order valence-corrected chi connectivity index (χ3v) is 5.13. The Balaban J connectivity index is 1.39. The molecule has 1 unspecified atom stereocenters. The van der Waals surface area contributed by atoms with E-state index in [9.17, 15) is 9.18 Å². The molecular weight excluding hydrogens is 397 g/mol. The van der Waals surface area contributed by atoms with Crippen molar-refractivity contribution >= 4 is 17.4 Å². The van der Waals surface area contributed by atoms with Crippen LogP contribution in [0.2, 0.25) is 0 Å². The molecule has 7 heteroatoms. The molecule has 4 rings (SSSR count). The minimum atomic E-state index is -0.471. The third kappa shape index (κ3) is 5.19. The van der Waals surface area contributed by atoms with Crippen molar-refractivity contribution in [3.05, 3.63) is 78.2 Å². The molecule has 160 valence electrons. The summed E-state index contributed by atoms with van der Waals surface area (Å²) in [5.74, 6) is 0.869. The number of amides is 1. The maximum Gasteiger partial charge on any atom is 0.248 e. The van der Waals surface area contributed by atoms with Crippen molar-refractivity contribution in [3.63, 3.8) is 0 Å². The molecule has 0 radical (unpaired) electrons. The van der Waals surface area contributed by atoms with Crippen molar-refractivity contribution in [2.24, 2.45) is 0 Å². The van der Waals surface area contributed by atoms with Crippen LogP contribution in [0.5, 0.6) is 11.5 Å². The molecule has 1 fully saturated rings. The van der Waals surface area contributed by atoms with Gasteiger partial charge in [0.05, 0.1) is 12.6 Å². The summed E-state index contributed by atoms with van der Waals surface area (Å²) in [6.07, 6.45) is 2.36. The summed E-state index contributed by atoms with van der Waals surface area (Å²) < 4.78 is 25.6. The van der Waals surface area contributed by atoms with Gasteiger partial charge in [0, 0.05) is 24.5 Å². The number of hydrogen-bond acceptors (Lipinski definition) is 5. The highest BCUT2D eigenvalue weighted by Crippen LogP contribution is 2.28. The quantitative estimate of drug-likeness (QED) is 0.607. The molecule has 31 heavy (non-hydrogen) atoms. The van der Waals surface area contributed by atoms with Gasteiger partial charge in [-0.3, -0.25) is 4.79 Å². The molecule has 0 spiro atoms. The fraction of sp³-hybridized carbons (Fsp3) is 0.250. The van der Waals surface area contributed by atoms with Crippen molar-refractivity contribution in [1.82, 2.24) is 9.88 Å². The lowest BCUT2D eigenvalue weighted by atomic mass is 10.0. The topological polar surface area (TPSA) is 63.7 Å². The largest absolute Gasteiger partial charge is 0.454 e. The van der Waals surface area contributed by atoms with Crippen LogP contribution >= 0.6 is 0 Å². The molecule has 1 aliphatic heterocycles. The molecule has 1 amide bonds. The molecule has 0 bridgehead atoms. The minimum absolute atomic E-state index is 0.0228. The number of likely N-dealkylation sites (N-methyl/N-ethyl adjacent to an activating group) is 1. The first-order valence-corrected chi connectivity index (χ1v) is 10.2. The Morgan fingerprint density at radius 1 is 1.19 bits per heavy atom. The normalized spacial score (nSPS) is 16.3. The molecule has 0 aliphatic carbocycles. The lowest BCUT2D eigenvalue weighted by Crippen LogP contribution is -2.50. The summed E-state index contributed by atoms with van der Waals surface area (Å²) in [6, 6.07) is 17.6. The third-order valence-electron chi connectivity index (χ3n) is 5.13. The SMILES string of the molecule is CCN1C(=O)COCC1Cc1ccc(Oc2ccc(Nc3ccccn3)cc2F)cc1. The van der Waals surface area contributed by atoms with Crippen molar-refractivity contribution in [3.8, 4) is 11.5 Å². The number of hydrogen-bond donors (Lipinski definition) is 1. The van der Waals surface area contributed by atoms with Gasteiger partial charge in [0.2, 0.25) is 5.91 Å². The molecule has 1 aromatic heterocycles. The van der Waals surface area contributed by atoms with Crippen molar-refractivity contribution in [2.75, 3.05) is 25.1 Å². The van der Waals surface area contributed by atoms with E-state index >= 15 is 0 Å². The Hall–Kier alpha value is -3.45. The van der Waals surface area contributed by atoms with E-state index in [2.05, 4.69) is 10.3 Å². The highest BCUT2D eigenvalue weighted by molar-refractivity contribution is 5.78. The van der Waals surface area contributed by atoms with E-state index in [-0.39, 0.29) is 24.3 Å². The van der Waals surface area contributed by atoms with E-state index in [0.717, 1.165) is 5.56 Å². The monoisotopic (exact) mass is 421 g/mol. The first-order valence-electron chi connectivity index (χ1n) is 10.2. The van der Waals surface area contributed by atoms with Gasteiger partial charge in [-0.25, -0.2) is 9.37 Å². The summed E-state index contributed by atoms with van der Waals surface area (Å²) in [5, 5.41) is 3.05. The molecule has 1 N–H and O–H groups in total. The maximum absolute atomic E-state index is 14.5. The molecule has 3 aromatic rings. The van der Waals surface area contributed by atoms with Gasteiger partial charge in [-0.1, -0.05) is 18.2 Å². The smallest absolute Gasteiger partial charge is 0.248 e. The zero-order valence-corrected chi connectivity index (χ0v) is 17.3. The first-order chi connectivity index (χ1) is 15.1. The summed E-state index contributed by atoms with van der Waals surface area (Å²) in [6.45, 7) is 3.32. The lowest BCUT2D eigenvalue weighted by Gasteiger charge is -2.34. The second kappa shape index (κ2) is 9.57. The Kier molecular flexibility index (Phi) is 6.43. The second-order valence-electron chi connectivity index (χ2n) is 7.28. The lowest BCUT2D eigenvalue weighted by molar-refractivity contribution is -0.147. The number of carbonyl (C=O) groups excluding carboxylic acids is 1. The summed E-state index contributed by atoms with van der Waals surface area (Å²) in [4.78, 5) is 18.0. The van der Waals surface area contributed by atoms with Crippen LogP contribution in [-0.4, -0.2) is 41.6 Å². The number of morpholine rings is 1. The van der Waals surface area contributed by atoms with Gasteiger partial charge < -0.3 is 19.7 Å². The second-order valence-corrected chi connectivity index (χ2v) is 7.28. The Labute approximate surface area is 180 Å². The van der Waals surface area contributed by atoms with Crippen molar-refractivity contribution < 1.29 is 18.7 Å². The molecule has 2 heterocycles. The molecular formula is C24H24FN3O3. The number of nitrogens with one attached hydrogen (secondary N) is 1. The van der Waals surface area contributed by atoms with Gasteiger partial charge in [-0.2, -0.15) is 0 Å². The zero-order valence-electron chi connectivity index (χ0n) is 17.3. The van der Waals surface area contributed by atoms with Crippen LogP contribution in [0.4, 0.5) is 15.9 Å². The van der Waals surface area contributed by atoms with Gasteiger partial charge in [0.1, 0.15) is 18.2 Å². The Morgan fingerprint density at radius 2 is 2.03 bits per heavy atom. The number of aromatic nitrogens is 1. The first kappa shape index (κ1) is 20.8. The summed E-state index contributed by atoms with van der Waals surface area (Å²) in [5.41, 5.74) is 1.65. The molecule has 0 saturated carbocycles. The number of pyridine rings is 1. The van der Waals surface area contributed by atoms with E-state index in [1.54, 1.807) is 36.5 Å². The Bertz CT molecular complexity index is 1030. The van der Waals surface area contributed by atoms with E-state index < -0.39 is 5.82 Å². The number of ether oxygens (including phenoxy) is 2. The molecule has 1 atom stereocenters. The molecule has 2 aromatic carbocycles. The van der Waals surface area contributed by atoms with Gasteiger partial charge in [0.15, 0.2) is 11.6 Å². The average Bonchev–Trinajstić information content (AvgIpc) is 2.78. The number of rotatable bonds is 7. The van der Waals surface area contributed by atoms with Crippen LogP contribution in [0, 0.1) is 5.82 Å².